The number of hydrogen-bond donors (Lipinski definition) is 0. The lowest BCUT2D eigenvalue weighted by molar-refractivity contribution is 0.427. The predicted octanol–water partition coefficient (Wildman–Crippen LogP) is 1.56. The van der Waals surface area contributed by atoms with E-state index < -0.39 is 0 Å². The van der Waals surface area contributed by atoms with Crippen LogP contribution in [0.25, 0.3) is 0 Å². The highest BCUT2D eigenvalue weighted by Crippen LogP contribution is 2.15. The maximum absolute atomic E-state index is 4.84. The molecule has 1 heterocycles. The van der Waals surface area contributed by atoms with Gasteiger partial charge in [-0.05, 0) is 12.1 Å². The fraction of sp³-hybridized carbons (Fsp3) is 0.200. The molecule has 0 bridgehead atoms. The number of rotatable bonds is 1. The summed E-state index contributed by atoms with van der Waals surface area (Å²) in [5, 5.41) is 3.81. The summed E-state index contributed by atoms with van der Waals surface area (Å²) in [7, 11) is 1.65. The van der Waals surface area contributed by atoms with Gasteiger partial charge in [0.25, 0.3) is 0 Å². The molecule has 37 valence electrons. The average molecular weight is 113 g/mol. The summed E-state index contributed by atoms with van der Waals surface area (Å²) in [6.07, 6.45) is 0. The van der Waals surface area contributed by atoms with Crippen LogP contribution in [0.3, 0.4) is 0 Å². The number of methoxy groups -OCH3 is 1. The van der Waals surface area contributed by atoms with Crippen LogP contribution < -0.4 is 4.74 Å². The fourth-order valence-electron chi connectivity index (χ4n) is 0.338. The second-order valence-electron chi connectivity index (χ2n) is 1.08. The smallest absolute Gasteiger partial charge is 0.173 e. The van der Waals surface area contributed by atoms with Crippen LogP contribution in [0, 0.1) is 5.38 Å². The van der Waals surface area contributed by atoms with E-state index >= 15 is 0 Å². The van der Waals surface area contributed by atoms with E-state index in [0.717, 1.165) is 5.06 Å². The Morgan fingerprint density at radius 3 is 3.00 bits per heavy atom. The maximum atomic E-state index is 4.84. The second-order valence-corrected chi connectivity index (χ2v) is 1.92. The highest BCUT2D eigenvalue weighted by molar-refractivity contribution is 7.11. The van der Waals surface area contributed by atoms with Gasteiger partial charge in [0.15, 0.2) is 5.06 Å². The summed E-state index contributed by atoms with van der Waals surface area (Å²) in [4.78, 5) is 0. The van der Waals surface area contributed by atoms with Gasteiger partial charge in [-0.15, -0.1) is 0 Å². The lowest BCUT2D eigenvalue weighted by Crippen LogP contribution is -1.72. The summed E-state index contributed by atoms with van der Waals surface area (Å²) < 4.78 is 4.84. The third kappa shape index (κ3) is 0.933. The Balaban J connectivity index is 2.76. The molecule has 2 heteroatoms. The molecule has 0 amide bonds. The van der Waals surface area contributed by atoms with Crippen molar-refractivity contribution >= 4 is 11.3 Å². The molecule has 0 aromatic carbocycles. The zero-order valence-electron chi connectivity index (χ0n) is 3.97. The highest BCUT2D eigenvalue weighted by Gasteiger charge is 1.84. The normalized spacial score (nSPS) is 8.71. The van der Waals surface area contributed by atoms with E-state index in [0.29, 0.717) is 0 Å². The van der Waals surface area contributed by atoms with Gasteiger partial charge in [0.2, 0.25) is 0 Å². The van der Waals surface area contributed by atoms with Crippen molar-refractivity contribution in [3.63, 3.8) is 0 Å². The topological polar surface area (TPSA) is 9.23 Å². The first-order valence-corrected chi connectivity index (χ1v) is 2.75. The van der Waals surface area contributed by atoms with Crippen LogP contribution in [0.4, 0.5) is 0 Å². The summed E-state index contributed by atoms with van der Waals surface area (Å²) in [6, 6.07) is 3.72. The maximum Gasteiger partial charge on any atom is 0.173 e. The second kappa shape index (κ2) is 1.98. The van der Waals surface area contributed by atoms with Gasteiger partial charge in [-0.1, -0.05) is 11.3 Å². The molecule has 1 aromatic rings. The van der Waals surface area contributed by atoms with Crippen molar-refractivity contribution in [3.8, 4) is 5.06 Å². The van der Waals surface area contributed by atoms with E-state index in [1.54, 1.807) is 7.11 Å². The van der Waals surface area contributed by atoms with Crippen molar-refractivity contribution < 1.29 is 4.74 Å². The molecule has 0 spiro atoms. The van der Waals surface area contributed by atoms with E-state index in [9.17, 15) is 0 Å². The van der Waals surface area contributed by atoms with Crippen molar-refractivity contribution in [2.75, 3.05) is 7.11 Å². The Morgan fingerprint density at radius 1 is 1.86 bits per heavy atom. The molecule has 0 saturated carbocycles. The molecule has 0 unspecified atom stereocenters. The van der Waals surface area contributed by atoms with Gasteiger partial charge in [0, 0.05) is 5.38 Å². The minimum absolute atomic E-state index is 0.917. The molecule has 0 aliphatic carbocycles. The minimum atomic E-state index is 0.917. The molecule has 1 rings (SSSR count). The van der Waals surface area contributed by atoms with E-state index in [4.69, 9.17) is 4.74 Å². The summed E-state index contributed by atoms with van der Waals surface area (Å²) in [5.41, 5.74) is 0. The van der Waals surface area contributed by atoms with Crippen LogP contribution in [-0.2, 0) is 0 Å². The van der Waals surface area contributed by atoms with Crippen LogP contribution in [0.2, 0.25) is 0 Å². The molecule has 0 atom stereocenters. The Morgan fingerprint density at radius 2 is 2.71 bits per heavy atom. The highest BCUT2D eigenvalue weighted by atomic mass is 32.1. The van der Waals surface area contributed by atoms with Crippen LogP contribution in [0.1, 0.15) is 0 Å². The SMILES string of the molecule is COc1cc[c]s1. The van der Waals surface area contributed by atoms with E-state index in [1.807, 2.05) is 12.1 Å². The number of ether oxygens (including phenoxy) is 1. The Hall–Kier alpha value is -0.500. The molecule has 0 saturated heterocycles. The van der Waals surface area contributed by atoms with E-state index in [2.05, 4.69) is 5.38 Å². The van der Waals surface area contributed by atoms with Crippen molar-refractivity contribution in [2.45, 2.75) is 0 Å². The zero-order chi connectivity index (χ0) is 5.11. The van der Waals surface area contributed by atoms with Gasteiger partial charge < -0.3 is 4.74 Å². The summed E-state index contributed by atoms with van der Waals surface area (Å²) in [5.74, 6) is 0. The van der Waals surface area contributed by atoms with Gasteiger partial charge in [-0.3, -0.25) is 0 Å². The fourth-order valence-corrected chi connectivity index (χ4v) is 0.810. The average Bonchev–Trinajstić information content (AvgIpc) is 2.14. The minimum Gasteiger partial charge on any atom is -0.487 e. The lowest BCUT2D eigenvalue weighted by Gasteiger charge is -1.86. The van der Waals surface area contributed by atoms with Crippen LogP contribution in [-0.4, -0.2) is 7.11 Å². The molecule has 0 fully saturated rings. The first kappa shape index (κ1) is 4.65. The molecule has 0 aliphatic rings. The largest absolute Gasteiger partial charge is 0.487 e. The molecular weight excluding hydrogens is 108 g/mol. The first-order valence-electron chi connectivity index (χ1n) is 1.93. The van der Waals surface area contributed by atoms with Crippen molar-refractivity contribution in [1.82, 2.24) is 0 Å². The molecule has 0 N–H and O–H groups in total. The monoisotopic (exact) mass is 113 g/mol. The van der Waals surface area contributed by atoms with Crippen molar-refractivity contribution in [3.05, 3.63) is 17.5 Å². The van der Waals surface area contributed by atoms with Crippen molar-refractivity contribution in [2.24, 2.45) is 0 Å². The van der Waals surface area contributed by atoms with Gasteiger partial charge in [-0.2, -0.15) is 0 Å². The number of thiophene rings is 1. The molecule has 7 heavy (non-hydrogen) atoms. The van der Waals surface area contributed by atoms with Gasteiger partial charge >= 0.3 is 0 Å². The van der Waals surface area contributed by atoms with Crippen LogP contribution in [0.15, 0.2) is 12.1 Å². The summed E-state index contributed by atoms with van der Waals surface area (Å²) in [6.45, 7) is 0. The van der Waals surface area contributed by atoms with Crippen LogP contribution in [0.5, 0.6) is 5.06 Å². The van der Waals surface area contributed by atoms with Crippen molar-refractivity contribution in [1.29, 1.82) is 0 Å². The summed E-state index contributed by atoms with van der Waals surface area (Å²) >= 11 is 1.48. The number of hydrogen-bond acceptors (Lipinski definition) is 2. The third-order valence-corrected chi connectivity index (χ3v) is 1.41. The molecule has 0 aliphatic heterocycles. The van der Waals surface area contributed by atoms with Gasteiger partial charge in [-0.25, -0.2) is 0 Å². The quantitative estimate of drug-likeness (QED) is 0.537. The first-order chi connectivity index (χ1) is 3.43. The Labute approximate surface area is 46.6 Å². The third-order valence-electron chi connectivity index (χ3n) is 0.648. The van der Waals surface area contributed by atoms with E-state index in [1.165, 1.54) is 11.3 Å². The Bertz CT molecular complexity index is 123. The van der Waals surface area contributed by atoms with Gasteiger partial charge in [0.1, 0.15) is 0 Å². The standard InChI is InChI=1S/C5H5OS/c1-6-5-3-2-4-7-5/h2-3H,1H3. The lowest BCUT2D eigenvalue weighted by atomic mass is 10.7. The van der Waals surface area contributed by atoms with E-state index in [-0.39, 0.29) is 0 Å². The van der Waals surface area contributed by atoms with Crippen LogP contribution >= 0.6 is 11.3 Å². The molecule has 1 nitrogen and oxygen atoms in total. The molecular formula is C5H5OS. The zero-order valence-corrected chi connectivity index (χ0v) is 4.79. The van der Waals surface area contributed by atoms with Gasteiger partial charge in [0.05, 0.1) is 7.11 Å². The molecule has 1 aromatic heterocycles. The Kier molecular flexibility index (Phi) is 1.32. The molecule has 1 radical (unpaired) electrons. The predicted molar refractivity (Wildman–Crippen MR) is 29.7 cm³/mol.